The fourth-order valence-corrected chi connectivity index (χ4v) is 1.94. The van der Waals surface area contributed by atoms with Gasteiger partial charge in [-0.3, -0.25) is 0 Å². The molecule has 1 aromatic heterocycles. The first kappa shape index (κ1) is 9.69. The lowest BCUT2D eigenvalue weighted by Crippen LogP contribution is -2.03. The van der Waals surface area contributed by atoms with Crippen molar-refractivity contribution < 1.29 is 4.74 Å². The minimum Gasteiger partial charge on any atom is -0.383 e. The molecular weight excluding hydrogens is 226 g/mol. The van der Waals surface area contributed by atoms with Crippen LogP contribution in [0.3, 0.4) is 0 Å². The van der Waals surface area contributed by atoms with Gasteiger partial charge in [0.25, 0.3) is 0 Å². The number of benzene rings is 1. The van der Waals surface area contributed by atoms with E-state index in [1.807, 2.05) is 24.3 Å². The van der Waals surface area contributed by atoms with E-state index in [9.17, 15) is 0 Å². The molecule has 82 valence electrons. The van der Waals surface area contributed by atoms with E-state index >= 15 is 0 Å². The Balaban J connectivity index is 2.10. The number of nitrogen functional groups attached to an aromatic ring is 1. The Hall–Kier alpha value is -1.52. The molecule has 0 spiro atoms. The Morgan fingerprint density at radius 2 is 2.00 bits per heavy atom. The monoisotopic (exact) mass is 235 g/mol. The minimum absolute atomic E-state index is 0.542. The fraction of sp³-hybridized carbons (Fsp3) is 0.182. The Labute approximate surface area is 97.6 Å². The van der Waals surface area contributed by atoms with Crippen molar-refractivity contribution in [3.8, 4) is 5.69 Å². The van der Waals surface area contributed by atoms with Gasteiger partial charge in [-0.15, -0.1) is 0 Å². The third kappa shape index (κ3) is 1.38. The zero-order chi connectivity index (χ0) is 11.1. The predicted molar refractivity (Wildman–Crippen MR) is 61.5 cm³/mol. The van der Waals surface area contributed by atoms with Gasteiger partial charge in [-0.1, -0.05) is 11.6 Å². The van der Waals surface area contributed by atoms with E-state index in [1.54, 1.807) is 4.68 Å². The standard InChI is InChI=1S/C11H10ClN3O/c12-7-1-3-8(4-2-7)15-11(13)9-5-16-6-10(9)14-15/h1-4H,5-6,13H2. The molecule has 0 aliphatic carbocycles. The van der Waals surface area contributed by atoms with Gasteiger partial charge < -0.3 is 10.5 Å². The van der Waals surface area contributed by atoms with Crippen LogP contribution in [-0.2, 0) is 18.0 Å². The highest BCUT2D eigenvalue weighted by Crippen LogP contribution is 2.27. The maximum atomic E-state index is 6.01. The summed E-state index contributed by atoms with van der Waals surface area (Å²) >= 11 is 5.83. The molecule has 0 radical (unpaired) electrons. The van der Waals surface area contributed by atoms with Crippen molar-refractivity contribution in [1.29, 1.82) is 0 Å². The minimum atomic E-state index is 0.542. The van der Waals surface area contributed by atoms with Crippen molar-refractivity contribution >= 4 is 17.4 Å². The van der Waals surface area contributed by atoms with Crippen LogP contribution in [0.2, 0.25) is 5.02 Å². The average molecular weight is 236 g/mol. The molecule has 0 saturated carbocycles. The molecule has 0 atom stereocenters. The first-order valence-corrected chi connectivity index (χ1v) is 5.33. The van der Waals surface area contributed by atoms with Gasteiger partial charge in [0.2, 0.25) is 0 Å². The predicted octanol–water partition coefficient (Wildman–Crippen LogP) is 2.14. The van der Waals surface area contributed by atoms with Gasteiger partial charge in [-0.05, 0) is 24.3 Å². The summed E-state index contributed by atoms with van der Waals surface area (Å²) in [5, 5.41) is 5.11. The van der Waals surface area contributed by atoms with E-state index < -0.39 is 0 Å². The van der Waals surface area contributed by atoms with Crippen molar-refractivity contribution in [3.63, 3.8) is 0 Å². The Kier molecular flexibility index (Phi) is 2.12. The van der Waals surface area contributed by atoms with Crippen molar-refractivity contribution in [2.75, 3.05) is 5.73 Å². The van der Waals surface area contributed by atoms with E-state index in [1.165, 1.54) is 0 Å². The van der Waals surface area contributed by atoms with Crippen LogP contribution in [0.4, 0.5) is 5.82 Å². The second-order valence-electron chi connectivity index (χ2n) is 3.69. The highest BCUT2D eigenvalue weighted by molar-refractivity contribution is 6.30. The zero-order valence-corrected chi connectivity index (χ0v) is 9.24. The average Bonchev–Trinajstić information content (AvgIpc) is 2.84. The molecule has 0 bridgehead atoms. The van der Waals surface area contributed by atoms with E-state index in [2.05, 4.69) is 5.10 Å². The summed E-state index contributed by atoms with van der Waals surface area (Å²) < 4.78 is 6.99. The zero-order valence-electron chi connectivity index (χ0n) is 8.48. The lowest BCUT2D eigenvalue weighted by molar-refractivity contribution is 0.131. The molecule has 16 heavy (non-hydrogen) atoms. The van der Waals surface area contributed by atoms with Gasteiger partial charge in [0, 0.05) is 10.6 Å². The molecule has 2 aromatic rings. The molecule has 0 unspecified atom stereocenters. The van der Waals surface area contributed by atoms with Crippen LogP contribution in [0, 0.1) is 0 Å². The molecule has 1 aliphatic rings. The van der Waals surface area contributed by atoms with Crippen LogP contribution < -0.4 is 5.73 Å². The van der Waals surface area contributed by atoms with Gasteiger partial charge in [0.15, 0.2) is 0 Å². The molecule has 1 aliphatic heterocycles. The number of nitrogens with zero attached hydrogens (tertiary/aromatic N) is 2. The summed E-state index contributed by atoms with van der Waals surface area (Å²) in [5.41, 5.74) is 8.84. The van der Waals surface area contributed by atoms with Crippen LogP contribution >= 0.6 is 11.6 Å². The Morgan fingerprint density at radius 3 is 2.69 bits per heavy atom. The van der Waals surface area contributed by atoms with Gasteiger partial charge in [-0.2, -0.15) is 5.10 Å². The van der Waals surface area contributed by atoms with Gasteiger partial charge in [-0.25, -0.2) is 4.68 Å². The number of hydrogen-bond donors (Lipinski definition) is 1. The molecule has 5 heteroatoms. The number of fused-ring (bicyclic) bond motifs is 1. The SMILES string of the molecule is Nc1c2c(nn1-c1ccc(Cl)cc1)COC2. The summed E-state index contributed by atoms with van der Waals surface area (Å²) in [4.78, 5) is 0. The fourth-order valence-electron chi connectivity index (χ4n) is 1.81. The molecule has 0 saturated heterocycles. The second-order valence-corrected chi connectivity index (χ2v) is 4.13. The third-order valence-corrected chi connectivity index (χ3v) is 2.91. The number of anilines is 1. The molecular formula is C11H10ClN3O. The molecule has 0 amide bonds. The van der Waals surface area contributed by atoms with Crippen LogP contribution in [-0.4, -0.2) is 9.78 Å². The van der Waals surface area contributed by atoms with Gasteiger partial charge in [0.1, 0.15) is 5.82 Å². The molecule has 4 nitrogen and oxygen atoms in total. The van der Waals surface area contributed by atoms with Crippen molar-refractivity contribution in [3.05, 3.63) is 40.5 Å². The van der Waals surface area contributed by atoms with Crippen LogP contribution in [0.1, 0.15) is 11.3 Å². The lowest BCUT2D eigenvalue weighted by atomic mass is 10.3. The van der Waals surface area contributed by atoms with Crippen molar-refractivity contribution in [1.82, 2.24) is 9.78 Å². The Bertz CT molecular complexity index is 533. The van der Waals surface area contributed by atoms with E-state index in [-0.39, 0.29) is 0 Å². The highest BCUT2D eigenvalue weighted by Gasteiger charge is 2.21. The number of aromatic nitrogens is 2. The molecule has 0 fully saturated rings. The quantitative estimate of drug-likeness (QED) is 0.824. The maximum absolute atomic E-state index is 6.01. The molecule has 2 N–H and O–H groups in total. The summed E-state index contributed by atoms with van der Waals surface area (Å²) in [6.45, 7) is 1.09. The Morgan fingerprint density at radius 1 is 1.25 bits per heavy atom. The summed E-state index contributed by atoms with van der Waals surface area (Å²) in [6, 6.07) is 7.42. The molecule has 1 aromatic carbocycles. The number of halogens is 1. The second kappa shape index (κ2) is 3.50. The van der Waals surface area contributed by atoms with Crippen LogP contribution in [0.5, 0.6) is 0 Å². The number of nitrogens with two attached hydrogens (primary N) is 1. The number of rotatable bonds is 1. The molecule has 3 rings (SSSR count). The van der Waals surface area contributed by atoms with Gasteiger partial charge >= 0.3 is 0 Å². The largest absolute Gasteiger partial charge is 0.383 e. The third-order valence-electron chi connectivity index (χ3n) is 2.66. The van der Waals surface area contributed by atoms with Gasteiger partial charge in [0.05, 0.1) is 24.6 Å². The number of hydrogen-bond acceptors (Lipinski definition) is 3. The summed E-state index contributed by atoms with van der Waals surface area (Å²) in [6.07, 6.45) is 0. The maximum Gasteiger partial charge on any atom is 0.133 e. The van der Waals surface area contributed by atoms with E-state index in [4.69, 9.17) is 22.1 Å². The van der Waals surface area contributed by atoms with E-state index in [0.29, 0.717) is 24.1 Å². The van der Waals surface area contributed by atoms with Crippen LogP contribution in [0.25, 0.3) is 5.69 Å². The van der Waals surface area contributed by atoms with Crippen LogP contribution in [0.15, 0.2) is 24.3 Å². The first-order valence-electron chi connectivity index (χ1n) is 4.95. The summed E-state index contributed by atoms with van der Waals surface area (Å²) in [5.74, 6) is 0.648. The lowest BCUT2D eigenvalue weighted by Gasteiger charge is -2.05. The molecule has 2 heterocycles. The topological polar surface area (TPSA) is 53.1 Å². The highest BCUT2D eigenvalue weighted by atomic mass is 35.5. The normalized spacial score (nSPS) is 14.1. The smallest absolute Gasteiger partial charge is 0.133 e. The number of ether oxygens (including phenoxy) is 1. The van der Waals surface area contributed by atoms with E-state index in [0.717, 1.165) is 16.9 Å². The first-order chi connectivity index (χ1) is 7.75. The summed E-state index contributed by atoms with van der Waals surface area (Å²) in [7, 11) is 0. The van der Waals surface area contributed by atoms with Crippen molar-refractivity contribution in [2.45, 2.75) is 13.2 Å². The van der Waals surface area contributed by atoms with Crippen molar-refractivity contribution in [2.24, 2.45) is 0 Å².